The Bertz CT molecular complexity index is 166. The second-order valence-corrected chi connectivity index (χ2v) is 3.26. The molecule has 0 amide bonds. The fourth-order valence-electron chi connectivity index (χ4n) is 1.04. The molecule has 0 radical (unpaired) electrons. The maximum absolute atomic E-state index is 10.9. The predicted molar refractivity (Wildman–Crippen MR) is 50.3 cm³/mol. The topological polar surface area (TPSA) is 61.5 Å². The molecule has 0 aliphatic heterocycles. The van der Waals surface area contributed by atoms with Crippen LogP contribution in [0.15, 0.2) is 0 Å². The van der Waals surface area contributed by atoms with E-state index in [4.69, 9.17) is 10.5 Å². The van der Waals surface area contributed by atoms with Crippen LogP contribution >= 0.6 is 0 Å². The first-order valence-electron chi connectivity index (χ1n) is 4.37. The third-order valence-electron chi connectivity index (χ3n) is 2.57. The van der Waals surface area contributed by atoms with E-state index >= 15 is 0 Å². The first-order valence-corrected chi connectivity index (χ1v) is 4.37. The van der Waals surface area contributed by atoms with Crippen molar-refractivity contribution >= 4 is 5.97 Å². The second-order valence-electron chi connectivity index (χ2n) is 3.26. The van der Waals surface area contributed by atoms with Crippen LogP contribution in [-0.2, 0) is 14.3 Å². The molecule has 0 rings (SSSR count). The van der Waals surface area contributed by atoms with Crippen LogP contribution in [0.2, 0.25) is 0 Å². The highest BCUT2D eigenvalue weighted by Crippen LogP contribution is 2.19. The number of nitrogens with two attached hydrogens (primary N) is 1. The summed E-state index contributed by atoms with van der Waals surface area (Å²) in [5, 5.41) is 0. The Morgan fingerprint density at radius 3 is 2.38 bits per heavy atom. The van der Waals surface area contributed by atoms with Gasteiger partial charge in [-0.2, -0.15) is 0 Å². The minimum atomic E-state index is -0.450. The molecule has 13 heavy (non-hydrogen) atoms. The number of methoxy groups -OCH3 is 2. The molecule has 0 aromatic carbocycles. The molecule has 0 heterocycles. The third kappa shape index (κ3) is 3.32. The molecule has 0 saturated carbocycles. The molecule has 0 aromatic heterocycles. The van der Waals surface area contributed by atoms with E-state index in [0.717, 1.165) is 6.42 Å². The zero-order valence-electron chi connectivity index (χ0n) is 8.79. The van der Waals surface area contributed by atoms with E-state index in [1.165, 1.54) is 7.11 Å². The molecule has 0 fully saturated rings. The van der Waals surface area contributed by atoms with Gasteiger partial charge in [-0.1, -0.05) is 6.92 Å². The summed E-state index contributed by atoms with van der Waals surface area (Å²) >= 11 is 0. The van der Waals surface area contributed by atoms with Gasteiger partial charge >= 0.3 is 5.97 Å². The Hall–Kier alpha value is -0.610. The minimum Gasteiger partial charge on any atom is -0.469 e. The van der Waals surface area contributed by atoms with Gasteiger partial charge in [0.05, 0.1) is 19.1 Å². The van der Waals surface area contributed by atoms with E-state index in [0.29, 0.717) is 0 Å². The number of esters is 1. The molecule has 4 heteroatoms. The molecule has 2 unspecified atom stereocenters. The van der Waals surface area contributed by atoms with E-state index in [1.54, 1.807) is 7.11 Å². The van der Waals surface area contributed by atoms with Crippen molar-refractivity contribution < 1.29 is 14.3 Å². The van der Waals surface area contributed by atoms with Gasteiger partial charge in [0.2, 0.25) is 0 Å². The zero-order valence-corrected chi connectivity index (χ0v) is 8.79. The molecule has 2 N–H and O–H groups in total. The van der Waals surface area contributed by atoms with Gasteiger partial charge in [-0.25, -0.2) is 0 Å². The third-order valence-corrected chi connectivity index (χ3v) is 2.57. The van der Waals surface area contributed by atoms with Crippen LogP contribution in [0, 0.1) is 0 Å². The molecular weight excluding hydrogens is 170 g/mol. The van der Waals surface area contributed by atoms with Crippen molar-refractivity contribution in [2.75, 3.05) is 14.2 Å². The first kappa shape index (κ1) is 12.4. The molecule has 4 nitrogen and oxygen atoms in total. The summed E-state index contributed by atoms with van der Waals surface area (Å²) in [5.41, 5.74) is 5.37. The van der Waals surface area contributed by atoms with Crippen LogP contribution in [0.5, 0.6) is 0 Å². The summed E-state index contributed by atoms with van der Waals surface area (Å²) < 4.78 is 9.79. The van der Waals surface area contributed by atoms with E-state index in [-0.39, 0.29) is 18.4 Å². The average Bonchev–Trinajstić information content (AvgIpc) is 2.16. The lowest BCUT2D eigenvalue weighted by Gasteiger charge is -2.32. The number of rotatable bonds is 5. The summed E-state index contributed by atoms with van der Waals surface area (Å²) in [6.07, 6.45) is 0.955. The zero-order chi connectivity index (χ0) is 10.5. The smallest absolute Gasteiger partial charge is 0.307 e. The van der Waals surface area contributed by atoms with Gasteiger partial charge < -0.3 is 15.2 Å². The number of hydrogen-bond acceptors (Lipinski definition) is 4. The molecule has 0 spiro atoms. The van der Waals surface area contributed by atoms with Crippen molar-refractivity contribution in [3.8, 4) is 0 Å². The summed E-state index contributed by atoms with van der Waals surface area (Å²) in [6.45, 7) is 3.86. The number of ether oxygens (including phenoxy) is 2. The van der Waals surface area contributed by atoms with Crippen molar-refractivity contribution in [1.82, 2.24) is 0 Å². The average molecular weight is 189 g/mol. The van der Waals surface area contributed by atoms with Gasteiger partial charge in [0, 0.05) is 13.2 Å². The number of carbonyl (C=O) groups is 1. The normalized spacial score (nSPS) is 17.6. The standard InChI is InChI=1S/C9H19NO3/c1-5-9(2,13-4)7(10)6-8(11)12-3/h7H,5-6,10H2,1-4H3. The van der Waals surface area contributed by atoms with Gasteiger partial charge in [-0.05, 0) is 13.3 Å². The Morgan fingerprint density at radius 1 is 1.54 bits per heavy atom. The highest BCUT2D eigenvalue weighted by Gasteiger charge is 2.31. The van der Waals surface area contributed by atoms with E-state index in [2.05, 4.69) is 4.74 Å². The lowest BCUT2D eigenvalue weighted by atomic mass is 9.91. The highest BCUT2D eigenvalue weighted by molar-refractivity contribution is 5.70. The predicted octanol–water partition coefficient (Wildman–Crippen LogP) is 0.692. The molecule has 0 aliphatic carbocycles. The fourth-order valence-corrected chi connectivity index (χ4v) is 1.04. The Balaban J connectivity index is 4.21. The summed E-state index contributed by atoms with van der Waals surface area (Å²) in [6, 6.07) is -0.324. The summed E-state index contributed by atoms with van der Waals surface area (Å²) in [4.78, 5) is 10.9. The van der Waals surface area contributed by atoms with Gasteiger partial charge in [-0.15, -0.1) is 0 Å². The number of carbonyl (C=O) groups excluding carboxylic acids is 1. The Morgan fingerprint density at radius 2 is 2.08 bits per heavy atom. The quantitative estimate of drug-likeness (QED) is 0.646. The van der Waals surface area contributed by atoms with Gasteiger partial charge in [0.1, 0.15) is 0 Å². The van der Waals surface area contributed by atoms with Crippen molar-refractivity contribution in [3.05, 3.63) is 0 Å². The van der Waals surface area contributed by atoms with Crippen LogP contribution in [0.1, 0.15) is 26.7 Å². The summed E-state index contributed by atoms with van der Waals surface area (Å²) in [5.74, 6) is -0.302. The van der Waals surface area contributed by atoms with Gasteiger partial charge in [0.25, 0.3) is 0 Å². The number of hydrogen-bond donors (Lipinski definition) is 1. The Kier molecular flexibility index (Phi) is 4.95. The van der Waals surface area contributed by atoms with Crippen molar-refractivity contribution in [1.29, 1.82) is 0 Å². The molecule has 0 aliphatic rings. The van der Waals surface area contributed by atoms with Gasteiger partial charge in [-0.3, -0.25) is 4.79 Å². The highest BCUT2D eigenvalue weighted by atomic mass is 16.5. The van der Waals surface area contributed by atoms with Crippen LogP contribution in [0.4, 0.5) is 0 Å². The van der Waals surface area contributed by atoms with Crippen molar-refractivity contribution in [2.45, 2.75) is 38.3 Å². The fraction of sp³-hybridized carbons (Fsp3) is 0.889. The SMILES string of the molecule is CCC(C)(OC)C(N)CC(=O)OC. The van der Waals surface area contributed by atoms with Crippen LogP contribution < -0.4 is 5.73 Å². The first-order chi connectivity index (χ1) is 6.00. The van der Waals surface area contributed by atoms with E-state index in [1.807, 2.05) is 13.8 Å². The Labute approximate surface area is 79.4 Å². The maximum atomic E-state index is 10.9. The minimum absolute atomic E-state index is 0.189. The summed E-state index contributed by atoms with van der Waals surface area (Å²) in [7, 11) is 2.95. The van der Waals surface area contributed by atoms with Crippen LogP contribution in [0.25, 0.3) is 0 Å². The van der Waals surface area contributed by atoms with E-state index in [9.17, 15) is 4.79 Å². The van der Waals surface area contributed by atoms with Crippen LogP contribution in [0.3, 0.4) is 0 Å². The van der Waals surface area contributed by atoms with Gasteiger partial charge in [0.15, 0.2) is 0 Å². The molecule has 2 atom stereocenters. The monoisotopic (exact) mass is 189 g/mol. The lowest BCUT2D eigenvalue weighted by Crippen LogP contribution is -2.47. The molecule has 0 bridgehead atoms. The molecule has 0 aromatic rings. The van der Waals surface area contributed by atoms with Crippen molar-refractivity contribution in [3.63, 3.8) is 0 Å². The molecule has 0 saturated heterocycles. The second kappa shape index (κ2) is 5.19. The lowest BCUT2D eigenvalue weighted by molar-refractivity contribution is -0.143. The van der Waals surface area contributed by atoms with Crippen molar-refractivity contribution in [2.24, 2.45) is 5.73 Å². The maximum Gasteiger partial charge on any atom is 0.307 e. The largest absolute Gasteiger partial charge is 0.469 e. The van der Waals surface area contributed by atoms with Crippen LogP contribution in [-0.4, -0.2) is 31.8 Å². The molecule has 78 valence electrons. The van der Waals surface area contributed by atoms with E-state index < -0.39 is 5.60 Å². The molecular formula is C9H19NO3.